The Morgan fingerprint density at radius 2 is 0.329 bits per heavy atom. The van der Waals surface area contributed by atoms with E-state index in [1.807, 2.05) is 64.6 Å². The van der Waals surface area contributed by atoms with Gasteiger partial charge in [0.15, 0.2) is 0 Å². The van der Waals surface area contributed by atoms with Gasteiger partial charge in [-0.25, -0.2) is 0 Å². The van der Waals surface area contributed by atoms with Gasteiger partial charge in [-0.15, -0.1) is 0 Å². The minimum Gasteiger partial charge on any atom is -0.668 e. The SMILES string of the molecule is C[N-]C.Cc1cc(C)c(-n2ccn(-c3c(C)cc(C)cc3C)c2=[N-])c(C)c1.Cc1cc(C)c(-n2ccn(-c3c(C)cc(C)cc3C)c2=[N-])c(C)c1.Cc1cc(C)c(-n2ccn(-c3c(C)cc(C)cc3C)c2=[N-])c(C)c1.[U+4]. The van der Waals surface area contributed by atoms with Gasteiger partial charge in [-0.2, -0.15) is 14.1 Å². The van der Waals surface area contributed by atoms with Crippen LogP contribution in [0.2, 0.25) is 0 Å². The molecule has 3 heterocycles. The molecule has 10 nitrogen and oxygen atoms in total. The molecule has 0 aliphatic carbocycles. The normalized spacial score (nSPS) is 10.7. The molecule has 0 bridgehead atoms. The van der Waals surface area contributed by atoms with Crippen LogP contribution in [0, 0.1) is 156 Å². The summed E-state index contributed by atoms with van der Waals surface area (Å²) < 4.78 is 11.2. The molecule has 0 saturated heterocycles. The molecule has 0 saturated carbocycles. The summed E-state index contributed by atoms with van der Waals surface area (Å²) in [5.41, 5.74) is 28.2. The number of aryl methyl sites for hydroxylation is 18. The molecule has 0 aliphatic heterocycles. The van der Waals surface area contributed by atoms with Crippen LogP contribution in [0.3, 0.4) is 0 Å². The second kappa shape index (κ2) is 25.0. The number of hydrogen-bond acceptors (Lipinski definition) is 0. The van der Waals surface area contributed by atoms with E-state index in [4.69, 9.17) is 0 Å². The summed E-state index contributed by atoms with van der Waals surface area (Å²) in [6, 6.07) is 25.8. The van der Waals surface area contributed by atoms with Gasteiger partial charge in [-0.05, 0) is 263 Å². The third-order valence-electron chi connectivity index (χ3n) is 13.6. The van der Waals surface area contributed by atoms with E-state index in [-0.39, 0.29) is 48.0 Å². The van der Waals surface area contributed by atoms with Crippen molar-refractivity contribution in [2.75, 3.05) is 14.1 Å². The Morgan fingerprint density at radius 3 is 0.421 bits per heavy atom. The number of nitrogens with zero attached hydrogens (tertiary/aromatic N) is 10. The van der Waals surface area contributed by atoms with E-state index in [1.54, 1.807) is 14.1 Å². The van der Waals surface area contributed by atoms with Crippen LogP contribution in [0.4, 0.5) is 0 Å². The van der Waals surface area contributed by atoms with Gasteiger partial charge in [0.25, 0.3) is 0 Å². The van der Waals surface area contributed by atoms with Crippen molar-refractivity contribution < 1.29 is 31.1 Å². The van der Waals surface area contributed by atoms with Crippen LogP contribution < -0.4 is 16.9 Å². The minimum absolute atomic E-state index is 0. The zero-order valence-electron chi connectivity index (χ0n) is 48.9. The zero-order valence-corrected chi connectivity index (χ0v) is 53.0. The number of hydrogen-bond donors (Lipinski definition) is 0. The molecule has 11 heteroatoms. The maximum Gasteiger partial charge on any atom is 4.00 e. The van der Waals surface area contributed by atoms with E-state index < -0.39 is 0 Å². The Morgan fingerprint density at radius 1 is 0.237 bits per heavy atom. The summed E-state index contributed by atoms with van der Waals surface area (Å²) in [6.45, 7) is 37.6. The van der Waals surface area contributed by atoms with Crippen LogP contribution in [-0.2, 0) is 0 Å². The van der Waals surface area contributed by atoms with Crippen molar-refractivity contribution in [1.29, 1.82) is 0 Å². The van der Waals surface area contributed by atoms with Crippen LogP contribution in [-0.4, -0.2) is 41.5 Å². The van der Waals surface area contributed by atoms with Gasteiger partial charge in [0, 0.05) is 16.9 Å². The molecular weight excluding hydrogens is 1160 g/mol. The molecule has 76 heavy (non-hydrogen) atoms. The summed E-state index contributed by atoms with van der Waals surface area (Å²) in [6.07, 6.45) is 11.6. The molecule has 0 amide bonds. The van der Waals surface area contributed by atoms with Crippen LogP contribution >= 0.6 is 0 Å². The van der Waals surface area contributed by atoms with Crippen LogP contribution in [0.5, 0.6) is 0 Å². The Hall–Kier alpha value is -6.64. The fraction of sp³-hybridized carbons (Fsp3) is 0.308. The summed E-state index contributed by atoms with van der Waals surface area (Å²) in [7, 11) is 3.50. The molecule has 0 aliphatic rings. The van der Waals surface area contributed by atoms with Crippen LogP contribution in [0.25, 0.3) is 55.7 Å². The molecule has 392 valence electrons. The fourth-order valence-corrected chi connectivity index (χ4v) is 11.5. The standard InChI is InChI=1S/3C21H24N3.C2H6N.U/c3*1-13-9-15(3)19(16(4)10-13)23-7-8-24(21(23)22)20-17(5)11-14(2)12-18(20)6;1-3-2;/h3*7-12H,1-6H3;1-2H3;/q4*-1;+4. The van der Waals surface area contributed by atoms with Gasteiger partial charge in [-0.1, -0.05) is 106 Å². The van der Waals surface area contributed by atoms with Crippen molar-refractivity contribution >= 4 is 0 Å². The molecule has 6 aromatic carbocycles. The molecule has 0 fully saturated rings. The summed E-state index contributed by atoms with van der Waals surface area (Å²) in [4.78, 5) is 0. The first-order valence-corrected chi connectivity index (χ1v) is 25.7. The summed E-state index contributed by atoms with van der Waals surface area (Å²) in [5.74, 6) is 0. The van der Waals surface area contributed by atoms with Gasteiger partial charge in [0.05, 0.1) is 0 Å². The number of benzene rings is 6. The van der Waals surface area contributed by atoms with E-state index in [1.165, 1.54) is 33.4 Å². The van der Waals surface area contributed by atoms with E-state index >= 15 is 0 Å². The number of aromatic nitrogens is 6. The van der Waals surface area contributed by atoms with Crippen molar-refractivity contribution in [3.8, 4) is 34.1 Å². The van der Waals surface area contributed by atoms with Crippen molar-refractivity contribution in [3.05, 3.63) is 249 Å². The van der Waals surface area contributed by atoms with E-state index in [2.05, 4.69) is 203 Å². The third-order valence-corrected chi connectivity index (χ3v) is 13.6. The first-order valence-electron chi connectivity index (χ1n) is 25.7. The van der Waals surface area contributed by atoms with E-state index in [0.717, 1.165) is 101 Å². The quantitative estimate of drug-likeness (QED) is 0.158. The molecule has 3 aromatic heterocycles. The van der Waals surface area contributed by atoms with E-state index in [0.29, 0.717) is 0 Å². The maximum absolute atomic E-state index is 10.9. The first kappa shape index (κ1) is 60.2. The third kappa shape index (κ3) is 12.8. The van der Waals surface area contributed by atoms with Gasteiger partial charge in [-0.3, -0.25) is 0 Å². The number of imidazole rings is 3. The second-order valence-corrected chi connectivity index (χ2v) is 20.9. The molecule has 0 atom stereocenters. The smallest absolute Gasteiger partial charge is 0.668 e. The van der Waals surface area contributed by atoms with E-state index in [9.17, 15) is 16.2 Å². The number of rotatable bonds is 6. The topological polar surface area (TPSA) is 111 Å². The maximum atomic E-state index is 10.9. The Labute approximate surface area is 476 Å². The first-order chi connectivity index (χ1) is 35.3. The molecule has 9 rings (SSSR count). The van der Waals surface area contributed by atoms with Crippen molar-refractivity contribution in [2.24, 2.45) is 0 Å². The van der Waals surface area contributed by atoms with Gasteiger partial charge < -0.3 is 48.9 Å². The average molecular weight is 1240 g/mol. The molecule has 0 spiro atoms. The van der Waals surface area contributed by atoms with Crippen LogP contribution in [0.1, 0.15) is 100 Å². The van der Waals surface area contributed by atoms with Gasteiger partial charge in [0.2, 0.25) is 0 Å². The van der Waals surface area contributed by atoms with Crippen LogP contribution in [0.15, 0.2) is 110 Å². The predicted molar refractivity (Wildman–Crippen MR) is 315 cm³/mol. The zero-order chi connectivity index (χ0) is 55.5. The van der Waals surface area contributed by atoms with Gasteiger partial charge in [0.1, 0.15) is 0 Å². The fourth-order valence-electron chi connectivity index (χ4n) is 11.5. The summed E-state index contributed by atoms with van der Waals surface area (Å²) in [5, 5.41) is 36.2. The largest absolute Gasteiger partial charge is 4.00 e. The van der Waals surface area contributed by atoms with Gasteiger partial charge >= 0.3 is 31.1 Å². The Bertz CT molecular complexity index is 3010. The molecular formula is C65H78N10U. The van der Waals surface area contributed by atoms with Crippen molar-refractivity contribution in [3.63, 3.8) is 0 Å². The molecule has 0 radical (unpaired) electrons. The Balaban J connectivity index is 0.000000204. The molecule has 0 N–H and O–H groups in total. The molecule has 0 unspecified atom stereocenters. The van der Waals surface area contributed by atoms with Crippen molar-refractivity contribution in [1.82, 2.24) is 27.4 Å². The summed E-state index contributed by atoms with van der Waals surface area (Å²) >= 11 is 0. The Kier molecular flexibility index (Phi) is 19.8. The average Bonchev–Trinajstić information content (AvgIpc) is 3.95. The predicted octanol–water partition coefficient (Wildman–Crippen LogP) is 14.4. The second-order valence-electron chi connectivity index (χ2n) is 20.9. The molecule has 9 aromatic rings. The minimum atomic E-state index is 0. The monoisotopic (exact) mass is 1240 g/mol. The van der Waals surface area contributed by atoms with Crippen molar-refractivity contribution in [2.45, 2.75) is 125 Å².